The van der Waals surface area contributed by atoms with Crippen molar-refractivity contribution in [3.63, 3.8) is 0 Å². The van der Waals surface area contributed by atoms with Crippen LogP contribution in [0.3, 0.4) is 0 Å². The predicted octanol–water partition coefficient (Wildman–Crippen LogP) is 5.38. The Morgan fingerprint density at radius 2 is 1.50 bits per heavy atom. The molecule has 3 N–H and O–H groups in total. The van der Waals surface area contributed by atoms with Crippen LogP contribution in [0.25, 0.3) is 0 Å². The largest absolute Gasteiger partial charge is 0.444 e. The lowest BCUT2D eigenvalue weighted by atomic mass is 9.88. The third kappa shape index (κ3) is 9.53. The van der Waals surface area contributed by atoms with E-state index in [2.05, 4.69) is 62.1 Å². The summed E-state index contributed by atoms with van der Waals surface area (Å²) in [7, 11) is 0. The van der Waals surface area contributed by atoms with Gasteiger partial charge >= 0.3 is 6.09 Å². The molecule has 238 valence electrons. The zero-order valence-corrected chi connectivity index (χ0v) is 26.6. The van der Waals surface area contributed by atoms with E-state index in [4.69, 9.17) is 4.74 Å². The van der Waals surface area contributed by atoms with Crippen LogP contribution in [0, 0.1) is 5.92 Å². The van der Waals surface area contributed by atoms with Crippen molar-refractivity contribution in [1.29, 1.82) is 0 Å². The fourth-order valence-electron chi connectivity index (χ4n) is 6.55. The number of likely N-dealkylation sites (tertiary alicyclic amines) is 2. The molecule has 0 aliphatic carbocycles. The predicted molar refractivity (Wildman–Crippen MR) is 174 cm³/mol. The number of ether oxygens (including phenoxy) is 1. The van der Waals surface area contributed by atoms with E-state index in [1.165, 1.54) is 56.4 Å². The van der Waals surface area contributed by atoms with Crippen molar-refractivity contribution in [2.45, 2.75) is 83.3 Å². The van der Waals surface area contributed by atoms with Gasteiger partial charge in [0.1, 0.15) is 11.6 Å². The van der Waals surface area contributed by atoms with Crippen LogP contribution in [0.15, 0.2) is 48.5 Å². The lowest BCUT2D eigenvalue weighted by Crippen LogP contribution is -2.47. The first-order valence-electron chi connectivity index (χ1n) is 16.3. The highest BCUT2D eigenvalue weighted by Gasteiger charge is 2.27. The smallest absolute Gasteiger partial charge is 0.412 e. The SMILES string of the molecule is CC(C)(C)OC(=O)Nc1ccc(CCN2CCC(CN3CCC(c4ccc(NC5CCC(=O)NC5=O)cc4)CC3)CC2)cc1. The highest BCUT2D eigenvalue weighted by Crippen LogP contribution is 2.30. The Morgan fingerprint density at radius 1 is 0.864 bits per heavy atom. The number of carbonyl (C=O) groups is 3. The summed E-state index contributed by atoms with van der Waals surface area (Å²) in [4.78, 5) is 40.7. The highest BCUT2D eigenvalue weighted by atomic mass is 16.6. The standard InChI is InChI=1S/C35H49N5O4/c1-35(2,3)44-34(43)37-30-8-4-25(5-9-30)14-19-39-20-15-26(16-21-39)24-40-22-17-28(18-23-40)27-6-10-29(11-7-27)36-31-12-13-32(41)38-33(31)42/h4-11,26,28,31,36H,12-24H2,1-3H3,(H,37,43)(H,38,41,42). The Hall–Kier alpha value is -3.43. The van der Waals surface area contributed by atoms with Crippen LogP contribution in [0.5, 0.6) is 0 Å². The first-order chi connectivity index (χ1) is 21.1. The van der Waals surface area contributed by atoms with Crippen LogP contribution < -0.4 is 16.0 Å². The van der Waals surface area contributed by atoms with Crippen LogP contribution in [-0.2, 0) is 20.7 Å². The van der Waals surface area contributed by atoms with Crippen molar-refractivity contribution in [2.75, 3.05) is 49.9 Å². The van der Waals surface area contributed by atoms with E-state index in [9.17, 15) is 14.4 Å². The topological polar surface area (TPSA) is 103 Å². The minimum Gasteiger partial charge on any atom is -0.444 e. The summed E-state index contributed by atoms with van der Waals surface area (Å²) < 4.78 is 5.33. The number of nitrogens with one attached hydrogen (secondary N) is 3. The van der Waals surface area contributed by atoms with Crippen LogP contribution in [0.4, 0.5) is 16.2 Å². The molecule has 44 heavy (non-hydrogen) atoms. The number of anilines is 2. The summed E-state index contributed by atoms with van der Waals surface area (Å²) in [5.41, 5.74) is 3.83. The molecule has 0 aromatic heterocycles. The van der Waals surface area contributed by atoms with Crippen molar-refractivity contribution in [2.24, 2.45) is 5.92 Å². The molecule has 1 unspecified atom stereocenters. The Balaban J connectivity index is 0.967. The zero-order chi connectivity index (χ0) is 31.1. The Morgan fingerprint density at radius 3 is 2.14 bits per heavy atom. The Kier molecular flexibility index (Phi) is 10.6. The van der Waals surface area contributed by atoms with Gasteiger partial charge in [-0.3, -0.25) is 20.2 Å². The number of hydrogen-bond donors (Lipinski definition) is 3. The molecule has 0 bridgehead atoms. The van der Waals surface area contributed by atoms with Gasteiger partial charge in [-0.25, -0.2) is 4.79 Å². The van der Waals surface area contributed by atoms with Crippen molar-refractivity contribution in [1.82, 2.24) is 15.1 Å². The van der Waals surface area contributed by atoms with Gasteiger partial charge in [0.25, 0.3) is 0 Å². The fourth-order valence-corrected chi connectivity index (χ4v) is 6.55. The van der Waals surface area contributed by atoms with Crippen LogP contribution >= 0.6 is 0 Å². The second-order valence-electron chi connectivity index (χ2n) is 13.7. The highest BCUT2D eigenvalue weighted by molar-refractivity contribution is 6.01. The molecule has 2 aromatic rings. The molecule has 3 heterocycles. The van der Waals surface area contributed by atoms with Crippen molar-refractivity contribution < 1.29 is 19.1 Å². The van der Waals surface area contributed by atoms with E-state index in [1.807, 2.05) is 32.9 Å². The minimum atomic E-state index is -0.509. The monoisotopic (exact) mass is 603 g/mol. The number of imide groups is 1. The summed E-state index contributed by atoms with van der Waals surface area (Å²) in [6, 6.07) is 16.3. The van der Waals surface area contributed by atoms with Gasteiger partial charge in [0.2, 0.25) is 11.8 Å². The molecule has 9 heteroatoms. The van der Waals surface area contributed by atoms with Crippen molar-refractivity contribution in [3.05, 3.63) is 59.7 Å². The minimum absolute atomic E-state index is 0.188. The van der Waals surface area contributed by atoms with Crippen LogP contribution in [-0.4, -0.2) is 78.6 Å². The van der Waals surface area contributed by atoms with Gasteiger partial charge < -0.3 is 19.9 Å². The van der Waals surface area contributed by atoms with Crippen molar-refractivity contribution in [3.8, 4) is 0 Å². The molecule has 0 radical (unpaired) electrons. The molecule has 3 amide bonds. The lowest BCUT2D eigenvalue weighted by molar-refractivity contribution is -0.133. The molecule has 5 rings (SSSR count). The summed E-state index contributed by atoms with van der Waals surface area (Å²) in [6.07, 6.45) is 6.41. The van der Waals surface area contributed by atoms with Crippen molar-refractivity contribution >= 4 is 29.3 Å². The maximum absolute atomic E-state index is 12.0. The van der Waals surface area contributed by atoms with Gasteiger partial charge in [-0.05, 0) is 133 Å². The molecule has 9 nitrogen and oxygen atoms in total. The second kappa shape index (κ2) is 14.6. The average Bonchev–Trinajstić information content (AvgIpc) is 2.99. The molecule has 3 fully saturated rings. The normalized spacial score (nSPS) is 21.1. The van der Waals surface area contributed by atoms with Gasteiger partial charge in [0.05, 0.1) is 0 Å². The van der Waals surface area contributed by atoms with E-state index in [1.54, 1.807) is 0 Å². The zero-order valence-electron chi connectivity index (χ0n) is 26.6. The third-order valence-corrected chi connectivity index (χ3v) is 9.09. The number of nitrogens with zero attached hydrogens (tertiary/aromatic N) is 2. The Labute approximate surface area is 262 Å². The molecule has 3 saturated heterocycles. The maximum Gasteiger partial charge on any atom is 0.412 e. The van der Waals surface area contributed by atoms with E-state index in [0.717, 1.165) is 43.3 Å². The fraction of sp³-hybridized carbons (Fsp3) is 0.571. The molecule has 0 spiro atoms. The number of carbonyl (C=O) groups excluding carboxylic acids is 3. The maximum atomic E-state index is 12.0. The lowest BCUT2D eigenvalue weighted by Gasteiger charge is -2.38. The van der Waals surface area contributed by atoms with Gasteiger partial charge in [0.15, 0.2) is 0 Å². The molecule has 3 aliphatic rings. The molecule has 3 aliphatic heterocycles. The second-order valence-corrected chi connectivity index (χ2v) is 13.7. The van der Waals surface area contributed by atoms with E-state index >= 15 is 0 Å². The van der Waals surface area contributed by atoms with Crippen LogP contribution in [0.2, 0.25) is 0 Å². The number of benzene rings is 2. The molecule has 0 saturated carbocycles. The quantitative estimate of drug-likeness (QED) is 0.331. The van der Waals surface area contributed by atoms with Gasteiger partial charge in [-0.15, -0.1) is 0 Å². The number of rotatable bonds is 9. The average molecular weight is 604 g/mol. The molecular weight excluding hydrogens is 554 g/mol. The molecule has 2 aromatic carbocycles. The summed E-state index contributed by atoms with van der Waals surface area (Å²) >= 11 is 0. The van der Waals surface area contributed by atoms with E-state index < -0.39 is 11.7 Å². The summed E-state index contributed by atoms with van der Waals surface area (Å²) in [5, 5.41) is 8.48. The molecule has 1 atom stereocenters. The first-order valence-corrected chi connectivity index (χ1v) is 16.3. The summed E-state index contributed by atoms with van der Waals surface area (Å²) in [6.45, 7) is 12.5. The van der Waals surface area contributed by atoms with E-state index in [0.29, 0.717) is 18.8 Å². The van der Waals surface area contributed by atoms with Crippen LogP contribution in [0.1, 0.15) is 76.3 Å². The number of piperidine rings is 3. The number of hydrogen-bond acceptors (Lipinski definition) is 7. The number of amides is 3. The summed E-state index contributed by atoms with van der Waals surface area (Å²) in [5.74, 6) is 0.937. The Bertz CT molecular complexity index is 1260. The molecular formula is C35H49N5O4. The third-order valence-electron chi connectivity index (χ3n) is 9.09. The van der Waals surface area contributed by atoms with Gasteiger partial charge in [-0.2, -0.15) is 0 Å². The first kappa shape index (κ1) is 32.0. The van der Waals surface area contributed by atoms with E-state index in [-0.39, 0.29) is 17.9 Å². The van der Waals surface area contributed by atoms with Gasteiger partial charge in [0, 0.05) is 30.9 Å². The van der Waals surface area contributed by atoms with Gasteiger partial charge in [-0.1, -0.05) is 24.3 Å².